The van der Waals surface area contributed by atoms with Crippen LogP contribution in [0.15, 0.2) is 30.3 Å². The number of hydrogen-bond acceptors (Lipinski definition) is 3. The molecule has 1 aliphatic carbocycles. The van der Waals surface area contributed by atoms with Crippen molar-refractivity contribution in [2.24, 2.45) is 0 Å². The van der Waals surface area contributed by atoms with Crippen LogP contribution in [0.2, 0.25) is 5.15 Å². The average molecular weight is 302 g/mol. The molecule has 110 valence electrons. The zero-order valence-corrected chi connectivity index (χ0v) is 13.2. The number of anilines is 1. The molecule has 1 saturated carbocycles. The molecule has 0 saturated heterocycles. The number of rotatable bonds is 5. The van der Waals surface area contributed by atoms with Gasteiger partial charge in [-0.3, -0.25) is 0 Å². The lowest BCUT2D eigenvalue weighted by Gasteiger charge is -2.16. The first-order chi connectivity index (χ1) is 10.2. The Balaban J connectivity index is 1.75. The van der Waals surface area contributed by atoms with E-state index >= 15 is 0 Å². The topological polar surface area (TPSA) is 37.8 Å². The number of benzene rings is 1. The standard InChI is InChI=1S/C17H20ClN3/c1-3-12-4-6-13(7-5-12)11(2)19-16-10-15(18)20-17(21-16)14-8-9-14/h4-7,10-11,14H,3,8-9H2,1-2H3,(H,19,20,21). The Morgan fingerprint density at radius 2 is 1.95 bits per heavy atom. The van der Waals surface area contributed by atoms with Crippen LogP contribution >= 0.6 is 11.6 Å². The van der Waals surface area contributed by atoms with Crippen molar-refractivity contribution in [3.05, 3.63) is 52.4 Å². The van der Waals surface area contributed by atoms with E-state index < -0.39 is 0 Å². The first-order valence-corrected chi connectivity index (χ1v) is 7.93. The number of hydrogen-bond donors (Lipinski definition) is 1. The van der Waals surface area contributed by atoms with Gasteiger partial charge >= 0.3 is 0 Å². The smallest absolute Gasteiger partial charge is 0.135 e. The van der Waals surface area contributed by atoms with Gasteiger partial charge in [-0.25, -0.2) is 9.97 Å². The molecule has 3 nitrogen and oxygen atoms in total. The summed E-state index contributed by atoms with van der Waals surface area (Å²) < 4.78 is 0. The second-order valence-electron chi connectivity index (χ2n) is 5.67. The third kappa shape index (κ3) is 3.53. The zero-order chi connectivity index (χ0) is 14.8. The van der Waals surface area contributed by atoms with E-state index in [1.54, 1.807) is 6.07 Å². The Kier molecular flexibility index (Phi) is 4.11. The lowest BCUT2D eigenvalue weighted by atomic mass is 10.1. The highest BCUT2D eigenvalue weighted by atomic mass is 35.5. The molecule has 1 unspecified atom stereocenters. The van der Waals surface area contributed by atoms with Gasteiger partial charge in [0.25, 0.3) is 0 Å². The molecule has 4 heteroatoms. The van der Waals surface area contributed by atoms with E-state index in [0.717, 1.165) is 18.1 Å². The lowest BCUT2D eigenvalue weighted by Crippen LogP contribution is -2.09. The SMILES string of the molecule is CCc1ccc(C(C)Nc2cc(Cl)nc(C3CC3)n2)cc1. The molecule has 3 rings (SSSR count). The van der Waals surface area contributed by atoms with Crippen LogP contribution in [0.4, 0.5) is 5.82 Å². The molecule has 0 amide bonds. The Morgan fingerprint density at radius 1 is 1.24 bits per heavy atom. The quantitative estimate of drug-likeness (QED) is 0.810. The third-order valence-electron chi connectivity index (χ3n) is 3.91. The van der Waals surface area contributed by atoms with Crippen molar-refractivity contribution in [2.45, 2.75) is 45.1 Å². The molecular weight excluding hydrogens is 282 g/mol. The van der Waals surface area contributed by atoms with Crippen molar-refractivity contribution in [3.8, 4) is 0 Å². The van der Waals surface area contributed by atoms with E-state index in [2.05, 4.69) is 53.4 Å². The molecule has 1 heterocycles. The van der Waals surface area contributed by atoms with Crippen LogP contribution in [0, 0.1) is 0 Å². The van der Waals surface area contributed by atoms with E-state index in [1.165, 1.54) is 24.0 Å². The number of aryl methyl sites for hydroxylation is 1. The second kappa shape index (κ2) is 6.02. The summed E-state index contributed by atoms with van der Waals surface area (Å²) in [4.78, 5) is 8.90. The van der Waals surface area contributed by atoms with Gasteiger partial charge in [-0.2, -0.15) is 0 Å². The van der Waals surface area contributed by atoms with E-state index in [9.17, 15) is 0 Å². The molecule has 2 aromatic rings. The van der Waals surface area contributed by atoms with Gasteiger partial charge < -0.3 is 5.32 Å². The summed E-state index contributed by atoms with van der Waals surface area (Å²) in [5.74, 6) is 2.19. The fraction of sp³-hybridized carbons (Fsp3) is 0.412. The Bertz CT molecular complexity index is 620. The molecule has 1 aromatic heterocycles. The van der Waals surface area contributed by atoms with E-state index in [4.69, 9.17) is 11.6 Å². The summed E-state index contributed by atoms with van der Waals surface area (Å²) in [6.45, 7) is 4.30. The summed E-state index contributed by atoms with van der Waals surface area (Å²) in [5.41, 5.74) is 2.60. The maximum absolute atomic E-state index is 6.10. The largest absolute Gasteiger partial charge is 0.363 e. The van der Waals surface area contributed by atoms with Gasteiger partial charge in [0.2, 0.25) is 0 Å². The van der Waals surface area contributed by atoms with E-state index in [0.29, 0.717) is 11.1 Å². The van der Waals surface area contributed by atoms with Crippen LogP contribution in [0.3, 0.4) is 0 Å². The summed E-state index contributed by atoms with van der Waals surface area (Å²) >= 11 is 6.10. The molecule has 0 bridgehead atoms. The minimum Gasteiger partial charge on any atom is -0.363 e. The summed E-state index contributed by atoms with van der Waals surface area (Å²) in [5, 5.41) is 3.94. The van der Waals surface area contributed by atoms with E-state index in [-0.39, 0.29) is 6.04 Å². The number of aromatic nitrogens is 2. The van der Waals surface area contributed by atoms with Crippen molar-refractivity contribution in [2.75, 3.05) is 5.32 Å². The molecule has 1 fully saturated rings. The van der Waals surface area contributed by atoms with Gasteiger partial charge in [-0.15, -0.1) is 0 Å². The van der Waals surface area contributed by atoms with Crippen LogP contribution in [0.1, 0.15) is 55.6 Å². The van der Waals surface area contributed by atoms with Gasteiger partial charge in [0.05, 0.1) is 0 Å². The molecular formula is C17H20ClN3. The van der Waals surface area contributed by atoms with Crippen LogP contribution in [-0.2, 0) is 6.42 Å². The number of nitrogens with one attached hydrogen (secondary N) is 1. The molecule has 1 aromatic carbocycles. The molecule has 0 aliphatic heterocycles. The number of halogens is 1. The molecule has 21 heavy (non-hydrogen) atoms. The van der Waals surface area contributed by atoms with Crippen molar-refractivity contribution in [3.63, 3.8) is 0 Å². The third-order valence-corrected chi connectivity index (χ3v) is 4.10. The van der Waals surface area contributed by atoms with Crippen LogP contribution < -0.4 is 5.32 Å². The van der Waals surface area contributed by atoms with Gasteiger partial charge in [-0.1, -0.05) is 42.8 Å². The molecule has 0 spiro atoms. The Morgan fingerprint density at radius 3 is 2.57 bits per heavy atom. The minimum atomic E-state index is 0.189. The Labute approximate surface area is 130 Å². The van der Waals surface area contributed by atoms with Gasteiger partial charge in [0.15, 0.2) is 0 Å². The average Bonchev–Trinajstić information content (AvgIpc) is 3.31. The van der Waals surface area contributed by atoms with Crippen LogP contribution in [0.5, 0.6) is 0 Å². The summed E-state index contributed by atoms with van der Waals surface area (Å²) in [6.07, 6.45) is 3.41. The van der Waals surface area contributed by atoms with Gasteiger partial charge in [0, 0.05) is 18.0 Å². The van der Waals surface area contributed by atoms with Crippen molar-refractivity contribution >= 4 is 17.4 Å². The number of nitrogens with zero attached hydrogens (tertiary/aromatic N) is 2. The van der Waals surface area contributed by atoms with Crippen LogP contribution in [-0.4, -0.2) is 9.97 Å². The molecule has 1 aliphatic rings. The maximum atomic E-state index is 6.10. The predicted molar refractivity (Wildman–Crippen MR) is 86.9 cm³/mol. The monoisotopic (exact) mass is 301 g/mol. The first-order valence-electron chi connectivity index (χ1n) is 7.55. The fourth-order valence-corrected chi connectivity index (χ4v) is 2.57. The van der Waals surface area contributed by atoms with Crippen molar-refractivity contribution in [1.82, 2.24) is 9.97 Å². The molecule has 1 N–H and O–H groups in total. The van der Waals surface area contributed by atoms with Gasteiger partial charge in [0.1, 0.15) is 16.8 Å². The van der Waals surface area contributed by atoms with Crippen LogP contribution in [0.25, 0.3) is 0 Å². The van der Waals surface area contributed by atoms with Crippen molar-refractivity contribution < 1.29 is 0 Å². The molecule has 0 radical (unpaired) electrons. The highest BCUT2D eigenvalue weighted by molar-refractivity contribution is 6.29. The normalized spacial score (nSPS) is 15.8. The van der Waals surface area contributed by atoms with Crippen molar-refractivity contribution in [1.29, 1.82) is 0 Å². The summed E-state index contributed by atoms with van der Waals surface area (Å²) in [7, 11) is 0. The zero-order valence-electron chi connectivity index (χ0n) is 12.4. The maximum Gasteiger partial charge on any atom is 0.135 e. The molecule has 1 atom stereocenters. The second-order valence-corrected chi connectivity index (χ2v) is 6.06. The lowest BCUT2D eigenvalue weighted by molar-refractivity contribution is 0.853. The Hall–Kier alpha value is -1.61. The van der Waals surface area contributed by atoms with Gasteiger partial charge in [-0.05, 0) is 37.3 Å². The van der Waals surface area contributed by atoms with E-state index in [1.807, 2.05) is 0 Å². The predicted octanol–water partition coefficient (Wildman–Crippen LogP) is 4.74. The summed E-state index contributed by atoms with van der Waals surface area (Å²) in [6, 6.07) is 10.7. The highest BCUT2D eigenvalue weighted by Crippen LogP contribution is 2.39. The highest BCUT2D eigenvalue weighted by Gasteiger charge is 2.27. The fourth-order valence-electron chi connectivity index (χ4n) is 2.38. The first kappa shape index (κ1) is 14.3. The minimum absolute atomic E-state index is 0.189.